The Balaban J connectivity index is 1.63. The lowest BCUT2D eigenvalue weighted by molar-refractivity contribution is 0.355. The third-order valence-electron chi connectivity index (χ3n) is 4.00. The van der Waals surface area contributed by atoms with Crippen molar-refractivity contribution in [1.29, 1.82) is 0 Å². The van der Waals surface area contributed by atoms with E-state index < -0.39 is 0 Å². The predicted octanol–water partition coefficient (Wildman–Crippen LogP) is 3.01. The molecular formula is C15H23N5. The van der Waals surface area contributed by atoms with Crippen LogP contribution in [0.5, 0.6) is 0 Å². The first-order chi connectivity index (χ1) is 9.83. The van der Waals surface area contributed by atoms with Gasteiger partial charge in [-0.2, -0.15) is 5.10 Å². The Morgan fingerprint density at radius 1 is 1.30 bits per heavy atom. The second-order valence-corrected chi connectivity index (χ2v) is 5.60. The fourth-order valence-electron chi connectivity index (χ4n) is 3.00. The second-order valence-electron chi connectivity index (χ2n) is 5.60. The molecule has 0 spiro atoms. The largest absolute Gasteiger partial charge is 0.354 e. The maximum atomic E-state index is 4.63. The minimum absolute atomic E-state index is 0.622. The van der Waals surface area contributed by atoms with Crippen LogP contribution >= 0.6 is 0 Å². The monoisotopic (exact) mass is 273 g/mol. The van der Waals surface area contributed by atoms with E-state index in [1.165, 1.54) is 32.1 Å². The summed E-state index contributed by atoms with van der Waals surface area (Å²) in [4.78, 5) is 4.63. The van der Waals surface area contributed by atoms with Crippen LogP contribution < -0.4 is 5.32 Å². The highest BCUT2D eigenvalue weighted by atomic mass is 15.3. The third kappa shape index (κ3) is 3.03. The summed E-state index contributed by atoms with van der Waals surface area (Å²) >= 11 is 0. The zero-order chi connectivity index (χ0) is 13.8. The van der Waals surface area contributed by atoms with Crippen LogP contribution in [0.2, 0.25) is 0 Å². The Morgan fingerprint density at radius 2 is 2.15 bits per heavy atom. The average Bonchev–Trinajstić information content (AvgIpc) is 3.10. The molecule has 0 saturated heterocycles. The van der Waals surface area contributed by atoms with Gasteiger partial charge in [0.2, 0.25) is 5.95 Å². The van der Waals surface area contributed by atoms with Crippen molar-refractivity contribution < 1.29 is 0 Å². The lowest BCUT2D eigenvalue weighted by Gasteiger charge is -2.24. The summed E-state index contributed by atoms with van der Waals surface area (Å²) in [5, 5.41) is 7.68. The molecule has 0 radical (unpaired) electrons. The number of hydrogen-bond acceptors (Lipinski definition) is 3. The second kappa shape index (κ2) is 6.11. The first-order valence-corrected chi connectivity index (χ1v) is 7.60. The highest BCUT2D eigenvalue weighted by Crippen LogP contribution is 2.30. The molecule has 1 aliphatic rings. The SMILES string of the molecule is Cc1cn(C2CCCCC2)c(NCCn2cccn2)n1. The number of imidazole rings is 1. The summed E-state index contributed by atoms with van der Waals surface area (Å²) in [6, 6.07) is 2.57. The van der Waals surface area contributed by atoms with Crippen molar-refractivity contribution in [3.8, 4) is 0 Å². The number of rotatable bonds is 5. The van der Waals surface area contributed by atoms with Crippen LogP contribution in [-0.2, 0) is 6.54 Å². The van der Waals surface area contributed by atoms with Gasteiger partial charge in [0.1, 0.15) is 0 Å². The van der Waals surface area contributed by atoms with Crippen LogP contribution in [0.25, 0.3) is 0 Å². The van der Waals surface area contributed by atoms with Gasteiger partial charge < -0.3 is 9.88 Å². The first kappa shape index (κ1) is 13.2. The molecule has 0 amide bonds. The molecule has 0 bridgehead atoms. The zero-order valence-electron chi connectivity index (χ0n) is 12.1. The molecule has 5 nitrogen and oxygen atoms in total. The molecule has 0 aliphatic heterocycles. The van der Waals surface area contributed by atoms with Crippen molar-refractivity contribution in [2.75, 3.05) is 11.9 Å². The van der Waals surface area contributed by atoms with Crippen molar-refractivity contribution in [3.05, 3.63) is 30.4 Å². The maximum Gasteiger partial charge on any atom is 0.203 e. The van der Waals surface area contributed by atoms with Crippen LogP contribution in [0.15, 0.2) is 24.7 Å². The van der Waals surface area contributed by atoms with Gasteiger partial charge in [-0.15, -0.1) is 0 Å². The fourth-order valence-corrected chi connectivity index (χ4v) is 3.00. The number of nitrogens with zero attached hydrogens (tertiary/aromatic N) is 4. The van der Waals surface area contributed by atoms with Gasteiger partial charge in [0.05, 0.1) is 12.2 Å². The van der Waals surface area contributed by atoms with Gasteiger partial charge in [-0.1, -0.05) is 19.3 Å². The molecule has 0 unspecified atom stereocenters. The van der Waals surface area contributed by atoms with Crippen molar-refractivity contribution in [1.82, 2.24) is 19.3 Å². The fraction of sp³-hybridized carbons (Fsp3) is 0.600. The molecule has 1 N–H and O–H groups in total. The molecule has 5 heteroatoms. The minimum atomic E-state index is 0.622. The summed E-state index contributed by atoms with van der Waals surface area (Å²) in [5.74, 6) is 1.02. The lowest BCUT2D eigenvalue weighted by atomic mass is 9.95. The van der Waals surface area contributed by atoms with E-state index in [1.807, 2.05) is 23.1 Å². The maximum absolute atomic E-state index is 4.63. The molecule has 1 fully saturated rings. The van der Waals surface area contributed by atoms with E-state index in [1.54, 1.807) is 0 Å². The van der Waals surface area contributed by atoms with Crippen molar-refractivity contribution in [2.24, 2.45) is 0 Å². The number of anilines is 1. The Hall–Kier alpha value is -1.78. The quantitative estimate of drug-likeness (QED) is 0.911. The van der Waals surface area contributed by atoms with Crippen LogP contribution in [0.3, 0.4) is 0 Å². The van der Waals surface area contributed by atoms with Crippen molar-refractivity contribution in [2.45, 2.75) is 51.6 Å². The molecular weight excluding hydrogens is 250 g/mol. The standard InChI is InChI=1S/C15H23N5/c1-13-12-20(14-6-3-2-4-7-14)15(18-13)16-9-11-19-10-5-8-17-19/h5,8,10,12,14H,2-4,6-7,9,11H2,1H3,(H,16,18). The van der Waals surface area contributed by atoms with Crippen LogP contribution in [0, 0.1) is 6.92 Å². The Labute approximate surface area is 120 Å². The van der Waals surface area contributed by atoms with E-state index in [2.05, 4.69) is 33.1 Å². The van der Waals surface area contributed by atoms with E-state index in [0.717, 1.165) is 24.7 Å². The van der Waals surface area contributed by atoms with E-state index in [9.17, 15) is 0 Å². The van der Waals surface area contributed by atoms with Gasteiger partial charge in [0.25, 0.3) is 0 Å². The summed E-state index contributed by atoms with van der Waals surface area (Å²) in [6.07, 6.45) is 12.6. The predicted molar refractivity (Wildman–Crippen MR) is 79.8 cm³/mol. The average molecular weight is 273 g/mol. The van der Waals surface area contributed by atoms with Gasteiger partial charge in [-0.3, -0.25) is 4.68 Å². The number of aryl methyl sites for hydroxylation is 1. The summed E-state index contributed by atoms with van der Waals surface area (Å²) in [5.41, 5.74) is 1.09. The highest BCUT2D eigenvalue weighted by Gasteiger charge is 2.18. The third-order valence-corrected chi connectivity index (χ3v) is 4.00. The van der Waals surface area contributed by atoms with Gasteiger partial charge in [0, 0.05) is 31.2 Å². The van der Waals surface area contributed by atoms with Gasteiger partial charge in [-0.05, 0) is 25.8 Å². The molecule has 20 heavy (non-hydrogen) atoms. The molecule has 2 aromatic heterocycles. The molecule has 3 rings (SSSR count). The van der Waals surface area contributed by atoms with Gasteiger partial charge in [0.15, 0.2) is 0 Å². The van der Waals surface area contributed by atoms with E-state index >= 15 is 0 Å². The molecule has 0 atom stereocenters. The minimum Gasteiger partial charge on any atom is -0.354 e. The van der Waals surface area contributed by atoms with Crippen LogP contribution in [0.4, 0.5) is 5.95 Å². The Bertz CT molecular complexity index is 522. The summed E-state index contributed by atoms with van der Waals surface area (Å²) in [7, 11) is 0. The molecule has 1 aliphatic carbocycles. The number of aromatic nitrogens is 4. The molecule has 108 valence electrons. The first-order valence-electron chi connectivity index (χ1n) is 7.60. The number of nitrogens with one attached hydrogen (secondary N) is 1. The molecule has 0 aromatic carbocycles. The van der Waals surface area contributed by atoms with Crippen molar-refractivity contribution >= 4 is 5.95 Å². The van der Waals surface area contributed by atoms with Crippen molar-refractivity contribution in [3.63, 3.8) is 0 Å². The summed E-state index contributed by atoms with van der Waals surface area (Å²) in [6.45, 7) is 3.78. The Kier molecular flexibility index (Phi) is 4.04. The molecule has 2 heterocycles. The number of hydrogen-bond donors (Lipinski definition) is 1. The smallest absolute Gasteiger partial charge is 0.203 e. The summed E-state index contributed by atoms with van der Waals surface area (Å²) < 4.78 is 4.28. The normalized spacial score (nSPS) is 16.4. The van der Waals surface area contributed by atoms with E-state index in [0.29, 0.717) is 6.04 Å². The highest BCUT2D eigenvalue weighted by molar-refractivity contribution is 5.29. The lowest BCUT2D eigenvalue weighted by Crippen LogP contribution is -2.18. The topological polar surface area (TPSA) is 47.7 Å². The van der Waals surface area contributed by atoms with Gasteiger partial charge in [-0.25, -0.2) is 4.98 Å². The van der Waals surface area contributed by atoms with Crippen LogP contribution in [0.1, 0.15) is 43.8 Å². The Morgan fingerprint density at radius 3 is 2.90 bits per heavy atom. The zero-order valence-corrected chi connectivity index (χ0v) is 12.1. The van der Waals surface area contributed by atoms with Gasteiger partial charge >= 0.3 is 0 Å². The van der Waals surface area contributed by atoms with E-state index in [-0.39, 0.29) is 0 Å². The van der Waals surface area contributed by atoms with Crippen LogP contribution in [-0.4, -0.2) is 25.9 Å². The van der Waals surface area contributed by atoms with E-state index in [4.69, 9.17) is 0 Å². The molecule has 1 saturated carbocycles. The molecule has 2 aromatic rings.